The number of rotatable bonds is 4. The molecule has 2 N–H and O–H groups in total. The number of nitrogens with one attached hydrogen (secondary N) is 1. The quantitative estimate of drug-likeness (QED) is 0.772. The zero-order valence-electron chi connectivity index (χ0n) is 9.80. The smallest absolute Gasteiger partial charge is 0.230 e. The first-order valence-electron chi connectivity index (χ1n) is 5.44. The highest BCUT2D eigenvalue weighted by Gasteiger charge is 2.34. The van der Waals surface area contributed by atoms with Crippen molar-refractivity contribution in [1.29, 1.82) is 0 Å². The van der Waals surface area contributed by atoms with Gasteiger partial charge in [0.25, 0.3) is 0 Å². The first-order chi connectivity index (χ1) is 6.81. The molecular weight excluding hydrogens is 210 g/mol. The molecular formula is C11H21NO2S. The fourth-order valence-corrected chi connectivity index (χ4v) is 2.02. The molecule has 0 aromatic carbocycles. The highest BCUT2D eigenvalue weighted by atomic mass is 32.2. The third-order valence-electron chi connectivity index (χ3n) is 2.54. The molecule has 4 heteroatoms. The molecule has 1 fully saturated rings. The maximum absolute atomic E-state index is 11.4. The Morgan fingerprint density at radius 1 is 1.47 bits per heavy atom. The van der Waals surface area contributed by atoms with E-state index >= 15 is 0 Å². The van der Waals surface area contributed by atoms with Crippen molar-refractivity contribution in [3.8, 4) is 0 Å². The minimum atomic E-state index is -0.609. The molecule has 0 aliphatic heterocycles. The molecule has 0 radical (unpaired) electrons. The zero-order chi connectivity index (χ0) is 11.5. The summed E-state index contributed by atoms with van der Waals surface area (Å²) in [6.07, 6.45) is 2.71. The second-order valence-electron chi connectivity index (χ2n) is 5.26. The Hall–Kier alpha value is -0.220. The van der Waals surface area contributed by atoms with Gasteiger partial charge in [0.15, 0.2) is 0 Å². The second-order valence-corrected chi connectivity index (χ2v) is 7.06. The van der Waals surface area contributed by atoms with E-state index in [1.807, 2.05) is 0 Å². The predicted octanol–water partition coefficient (Wildman–Crippen LogP) is 1.55. The minimum Gasteiger partial charge on any atom is -0.388 e. The highest BCUT2D eigenvalue weighted by Crippen LogP contribution is 2.30. The molecule has 0 aromatic rings. The third kappa shape index (κ3) is 4.89. The van der Waals surface area contributed by atoms with Gasteiger partial charge in [-0.1, -0.05) is 20.8 Å². The Bertz CT molecular complexity index is 231. The Morgan fingerprint density at radius 3 is 2.47 bits per heavy atom. The summed E-state index contributed by atoms with van der Waals surface area (Å²) >= 11 is 1.62. The Labute approximate surface area is 96.0 Å². The number of carbonyl (C=O) groups excluding carboxylic acids is 1. The van der Waals surface area contributed by atoms with Gasteiger partial charge in [-0.3, -0.25) is 4.79 Å². The van der Waals surface area contributed by atoms with Crippen molar-refractivity contribution in [2.45, 2.75) is 50.4 Å². The van der Waals surface area contributed by atoms with E-state index in [-0.39, 0.29) is 10.7 Å². The molecule has 1 rings (SSSR count). The van der Waals surface area contributed by atoms with Crippen LogP contribution >= 0.6 is 11.8 Å². The fourth-order valence-electron chi connectivity index (χ4n) is 1.36. The average Bonchev–Trinajstić information content (AvgIpc) is 2.07. The van der Waals surface area contributed by atoms with Gasteiger partial charge in [0.05, 0.1) is 11.4 Å². The topological polar surface area (TPSA) is 49.3 Å². The maximum Gasteiger partial charge on any atom is 0.230 e. The van der Waals surface area contributed by atoms with E-state index in [1.54, 1.807) is 11.8 Å². The molecule has 88 valence electrons. The minimum absolute atomic E-state index is 0.0234. The normalized spacial score (nSPS) is 19.5. The van der Waals surface area contributed by atoms with Crippen molar-refractivity contribution < 1.29 is 9.90 Å². The van der Waals surface area contributed by atoms with Gasteiger partial charge < -0.3 is 10.4 Å². The van der Waals surface area contributed by atoms with Crippen LogP contribution in [0.15, 0.2) is 0 Å². The monoisotopic (exact) mass is 231 g/mol. The van der Waals surface area contributed by atoms with Crippen molar-refractivity contribution in [3.05, 3.63) is 0 Å². The van der Waals surface area contributed by atoms with Gasteiger partial charge in [0.2, 0.25) is 5.91 Å². The van der Waals surface area contributed by atoms with Crippen molar-refractivity contribution in [1.82, 2.24) is 5.32 Å². The molecule has 0 unspecified atom stereocenters. The van der Waals surface area contributed by atoms with Gasteiger partial charge in [-0.2, -0.15) is 0 Å². The SMILES string of the molecule is CC(C)(C)SCC(=O)NCC1(O)CCC1. The standard InChI is InChI=1S/C11H21NO2S/c1-10(2,3)15-7-9(13)12-8-11(14)5-4-6-11/h14H,4-8H2,1-3H3,(H,12,13). The van der Waals surface area contributed by atoms with E-state index in [0.29, 0.717) is 12.3 Å². The predicted molar refractivity (Wildman–Crippen MR) is 64.0 cm³/mol. The summed E-state index contributed by atoms with van der Waals surface area (Å²) in [5, 5.41) is 12.6. The van der Waals surface area contributed by atoms with E-state index in [2.05, 4.69) is 26.1 Å². The molecule has 1 aliphatic rings. The summed E-state index contributed by atoms with van der Waals surface area (Å²) in [7, 11) is 0. The summed E-state index contributed by atoms with van der Waals surface area (Å²) in [4.78, 5) is 11.4. The van der Waals surface area contributed by atoms with Gasteiger partial charge in [-0.15, -0.1) is 11.8 Å². The van der Waals surface area contributed by atoms with Crippen molar-refractivity contribution in [2.24, 2.45) is 0 Å². The fraction of sp³-hybridized carbons (Fsp3) is 0.909. The lowest BCUT2D eigenvalue weighted by molar-refractivity contribution is -0.121. The van der Waals surface area contributed by atoms with Crippen LogP contribution in [-0.2, 0) is 4.79 Å². The van der Waals surface area contributed by atoms with Crippen LogP contribution in [0.3, 0.4) is 0 Å². The number of amides is 1. The van der Waals surface area contributed by atoms with E-state index in [0.717, 1.165) is 19.3 Å². The second kappa shape index (κ2) is 4.74. The summed E-state index contributed by atoms with van der Waals surface area (Å²) in [5.74, 6) is 0.495. The number of hydrogen-bond donors (Lipinski definition) is 2. The molecule has 1 aliphatic carbocycles. The molecule has 15 heavy (non-hydrogen) atoms. The number of thioether (sulfide) groups is 1. The van der Waals surface area contributed by atoms with Gasteiger partial charge in [0, 0.05) is 11.3 Å². The number of aliphatic hydroxyl groups is 1. The largest absolute Gasteiger partial charge is 0.388 e. The zero-order valence-corrected chi connectivity index (χ0v) is 10.6. The molecule has 0 atom stereocenters. The van der Waals surface area contributed by atoms with Gasteiger partial charge in [0.1, 0.15) is 0 Å². The van der Waals surface area contributed by atoms with Crippen LogP contribution in [0.4, 0.5) is 0 Å². The Balaban J connectivity index is 2.14. The lowest BCUT2D eigenvalue weighted by Crippen LogP contribution is -2.48. The summed E-state index contributed by atoms with van der Waals surface area (Å²) < 4.78 is 0.116. The van der Waals surface area contributed by atoms with Gasteiger partial charge in [-0.25, -0.2) is 0 Å². The average molecular weight is 231 g/mol. The van der Waals surface area contributed by atoms with Crippen molar-refractivity contribution >= 4 is 17.7 Å². The molecule has 1 saturated carbocycles. The Morgan fingerprint density at radius 2 is 2.07 bits per heavy atom. The highest BCUT2D eigenvalue weighted by molar-refractivity contribution is 8.01. The van der Waals surface area contributed by atoms with Crippen LogP contribution in [0.25, 0.3) is 0 Å². The summed E-state index contributed by atoms with van der Waals surface area (Å²) in [6, 6.07) is 0. The molecule has 0 aromatic heterocycles. The molecule has 0 bridgehead atoms. The van der Waals surface area contributed by atoms with Crippen LogP contribution in [0.5, 0.6) is 0 Å². The van der Waals surface area contributed by atoms with Crippen LogP contribution < -0.4 is 5.32 Å². The van der Waals surface area contributed by atoms with Crippen LogP contribution in [0.1, 0.15) is 40.0 Å². The van der Waals surface area contributed by atoms with E-state index in [4.69, 9.17) is 0 Å². The first kappa shape index (κ1) is 12.8. The van der Waals surface area contributed by atoms with Gasteiger partial charge >= 0.3 is 0 Å². The molecule has 3 nitrogen and oxygen atoms in total. The van der Waals surface area contributed by atoms with E-state index < -0.39 is 5.60 Å². The first-order valence-corrected chi connectivity index (χ1v) is 6.42. The van der Waals surface area contributed by atoms with Crippen molar-refractivity contribution in [3.63, 3.8) is 0 Å². The Kier molecular flexibility index (Phi) is 4.06. The van der Waals surface area contributed by atoms with Gasteiger partial charge in [-0.05, 0) is 19.3 Å². The van der Waals surface area contributed by atoms with Crippen LogP contribution in [0, 0.1) is 0 Å². The molecule has 0 heterocycles. The number of hydrogen-bond acceptors (Lipinski definition) is 3. The lowest BCUT2D eigenvalue weighted by Gasteiger charge is -2.36. The summed E-state index contributed by atoms with van der Waals surface area (Å²) in [5.41, 5.74) is -0.609. The lowest BCUT2D eigenvalue weighted by atomic mass is 9.80. The maximum atomic E-state index is 11.4. The molecule has 1 amide bonds. The van der Waals surface area contributed by atoms with Crippen LogP contribution in [-0.4, -0.2) is 33.7 Å². The van der Waals surface area contributed by atoms with Crippen molar-refractivity contribution in [2.75, 3.05) is 12.3 Å². The number of carbonyl (C=O) groups is 1. The van der Waals surface area contributed by atoms with Crippen LogP contribution in [0.2, 0.25) is 0 Å². The third-order valence-corrected chi connectivity index (χ3v) is 3.81. The molecule has 0 saturated heterocycles. The molecule has 0 spiro atoms. The van der Waals surface area contributed by atoms with E-state index in [9.17, 15) is 9.90 Å². The van der Waals surface area contributed by atoms with E-state index in [1.165, 1.54) is 0 Å². The summed E-state index contributed by atoms with van der Waals surface area (Å²) in [6.45, 7) is 6.68.